The second-order valence-electron chi connectivity index (χ2n) is 4.12. The number of nitrogens with one attached hydrogen (secondary N) is 1. The van der Waals surface area contributed by atoms with Gasteiger partial charge in [-0.15, -0.1) is 0 Å². The first kappa shape index (κ1) is 14.9. The zero-order valence-corrected chi connectivity index (χ0v) is 12.8. The van der Waals surface area contributed by atoms with Crippen LogP contribution in [0.2, 0.25) is 0 Å². The van der Waals surface area contributed by atoms with Gasteiger partial charge in [-0.2, -0.15) is 4.37 Å². The molecule has 0 amide bonds. The molecular weight excluding hydrogens is 250 g/mol. The highest BCUT2D eigenvalue weighted by atomic mass is 32.2. The second-order valence-corrected chi connectivity index (χ2v) is 6.36. The predicted molar refractivity (Wildman–Crippen MR) is 77.0 cm³/mol. The van der Waals surface area contributed by atoms with Gasteiger partial charge in [-0.1, -0.05) is 39.0 Å². The summed E-state index contributed by atoms with van der Waals surface area (Å²) in [5.41, 5.74) is 0. The molecule has 5 heteroatoms. The Labute approximate surface area is 113 Å². The molecule has 0 aliphatic rings. The Bertz CT molecular complexity index is 308. The maximum atomic E-state index is 4.44. The van der Waals surface area contributed by atoms with Gasteiger partial charge in [-0.3, -0.25) is 0 Å². The summed E-state index contributed by atoms with van der Waals surface area (Å²) < 4.78 is 5.35. The van der Waals surface area contributed by atoms with Crippen molar-refractivity contribution in [2.24, 2.45) is 0 Å². The minimum absolute atomic E-state index is 0.587. The molecule has 3 nitrogen and oxygen atoms in total. The van der Waals surface area contributed by atoms with E-state index in [1.807, 2.05) is 18.7 Å². The molecule has 17 heavy (non-hydrogen) atoms. The third-order valence-corrected chi connectivity index (χ3v) is 5.05. The summed E-state index contributed by atoms with van der Waals surface area (Å²) in [5, 5.41) is 4.20. The van der Waals surface area contributed by atoms with Gasteiger partial charge in [-0.25, -0.2) is 4.98 Å². The largest absolute Gasteiger partial charge is 0.313 e. The average Bonchev–Trinajstić information content (AvgIpc) is 2.72. The summed E-state index contributed by atoms with van der Waals surface area (Å²) in [7, 11) is 0. The van der Waals surface area contributed by atoms with Crippen LogP contribution in [0.3, 0.4) is 0 Å². The fourth-order valence-electron chi connectivity index (χ4n) is 1.90. The van der Waals surface area contributed by atoms with Crippen LogP contribution in [0.1, 0.15) is 45.9 Å². The maximum Gasteiger partial charge on any atom is 0.170 e. The van der Waals surface area contributed by atoms with E-state index in [0.29, 0.717) is 11.3 Å². The van der Waals surface area contributed by atoms with E-state index >= 15 is 0 Å². The number of rotatable bonds is 8. The molecule has 0 spiro atoms. The van der Waals surface area contributed by atoms with Crippen LogP contribution in [0.25, 0.3) is 0 Å². The molecule has 1 aromatic heterocycles. The van der Waals surface area contributed by atoms with E-state index in [1.165, 1.54) is 30.8 Å². The fraction of sp³-hybridized carbons (Fsp3) is 0.833. The van der Waals surface area contributed by atoms with Gasteiger partial charge in [0.2, 0.25) is 0 Å². The van der Waals surface area contributed by atoms with Crippen LogP contribution in [-0.2, 0) is 0 Å². The van der Waals surface area contributed by atoms with Crippen molar-refractivity contribution in [1.29, 1.82) is 0 Å². The molecule has 0 radical (unpaired) electrons. The highest BCUT2D eigenvalue weighted by Crippen LogP contribution is 2.30. The molecule has 0 saturated carbocycles. The molecule has 0 aliphatic heterocycles. The van der Waals surface area contributed by atoms with E-state index in [-0.39, 0.29) is 0 Å². The Morgan fingerprint density at radius 1 is 1.35 bits per heavy atom. The topological polar surface area (TPSA) is 37.8 Å². The van der Waals surface area contributed by atoms with Crippen LogP contribution in [0.4, 0.5) is 0 Å². The lowest BCUT2D eigenvalue weighted by Crippen LogP contribution is -2.37. The molecule has 1 heterocycles. The summed E-state index contributed by atoms with van der Waals surface area (Å²) in [5.74, 6) is 0.892. The Balaban J connectivity index is 2.61. The third-order valence-electron chi connectivity index (χ3n) is 2.68. The third kappa shape index (κ3) is 4.94. The molecule has 0 aromatic carbocycles. The average molecular weight is 273 g/mol. The number of thioether (sulfide) groups is 1. The molecule has 1 N–H and O–H groups in total. The zero-order chi connectivity index (χ0) is 12.7. The molecule has 0 saturated heterocycles. The number of nitrogens with zero attached hydrogens (tertiary/aromatic N) is 2. The van der Waals surface area contributed by atoms with E-state index in [2.05, 4.69) is 35.4 Å². The molecule has 0 bridgehead atoms. The van der Waals surface area contributed by atoms with E-state index in [9.17, 15) is 0 Å². The normalized spacial score (nSPS) is 14.8. The highest BCUT2D eigenvalue weighted by molar-refractivity contribution is 8.01. The van der Waals surface area contributed by atoms with E-state index < -0.39 is 0 Å². The van der Waals surface area contributed by atoms with Crippen molar-refractivity contribution in [2.75, 3.05) is 6.54 Å². The van der Waals surface area contributed by atoms with Crippen molar-refractivity contribution < 1.29 is 0 Å². The van der Waals surface area contributed by atoms with Crippen molar-refractivity contribution >= 4 is 23.3 Å². The summed E-state index contributed by atoms with van der Waals surface area (Å²) in [6.07, 6.45) is 3.63. The molecule has 0 aliphatic carbocycles. The van der Waals surface area contributed by atoms with Crippen LogP contribution >= 0.6 is 23.3 Å². The van der Waals surface area contributed by atoms with Crippen molar-refractivity contribution in [2.45, 2.75) is 62.6 Å². The van der Waals surface area contributed by atoms with Gasteiger partial charge in [0.1, 0.15) is 5.82 Å². The van der Waals surface area contributed by atoms with Gasteiger partial charge in [0, 0.05) is 11.3 Å². The van der Waals surface area contributed by atoms with Crippen molar-refractivity contribution in [3.8, 4) is 0 Å². The predicted octanol–water partition coefficient (Wildman–Crippen LogP) is 3.50. The summed E-state index contributed by atoms with van der Waals surface area (Å²) in [4.78, 5) is 4.44. The van der Waals surface area contributed by atoms with Gasteiger partial charge >= 0.3 is 0 Å². The molecule has 1 aromatic rings. The monoisotopic (exact) mass is 273 g/mol. The Morgan fingerprint density at radius 3 is 2.59 bits per heavy atom. The first-order valence-electron chi connectivity index (χ1n) is 6.41. The fourth-order valence-corrected chi connectivity index (χ4v) is 3.98. The molecule has 2 atom stereocenters. The first-order chi connectivity index (χ1) is 8.21. The van der Waals surface area contributed by atoms with Gasteiger partial charge in [0.15, 0.2) is 4.34 Å². The SMILES string of the molecule is CCCC(NCC)C(CC)Sc1nc(C)ns1. The standard InChI is InChI=1S/C12H23N3S2/c1-5-8-10(13-7-3)11(6-2)16-12-14-9(4)15-17-12/h10-11,13H,5-8H2,1-4H3. The van der Waals surface area contributed by atoms with Gasteiger partial charge in [0.05, 0.1) is 0 Å². The highest BCUT2D eigenvalue weighted by Gasteiger charge is 2.20. The van der Waals surface area contributed by atoms with Crippen molar-refractivity contribution in [3.63, 3.8) is 0 Å². The number of aromatic nitrogens is 2. The van der Waals surface area contributed by atoms with Crippen molar-refractivity contribution in [3.05, 3.63) is 5.82 Å². The summed E-state index contributed by atoms with van der Waals surface area (Å²) in [6, 6.07) is 0.587. The minimum atomic E-state index is 0.587. The van der Waals surface area contributed by atoms with Gasteiger partial charge in [-0.05, 0) is 37.8 Å². The first-order valence-corrected chi connectivity index (χ1v) is 8.06. The minimum Gasteiger partial charge on any atom is -0.313 e. The van der Waals surface area contributed by atoms with Gasteiger partial charge < -0.3 is 5.32 Å². The smallest absolute Gasteiger partial charge is 0.170 e. The zero-order valence-electron chi connectivity index (χ0n) is 11.2. The van der Waals surface area contributed by atoms with Crippen LogP contribution in [-0.4, -0.2) is 27.2 Å². The lowest BCUT2D eigenvalue weighted by Gasteiger charge is -2.25. The summed E-state index contributed by atoms with van der Waals surface area (Å²) in [6.45, 7) is 9.67. The Hall–Kier alpha value is -0.130. The summed E-state index contributed by atoms with van der Waals surface area (Å²) >= 11 is 3.40. The molecule has 98 valence electrons. The lowest BCUT2D eigenvalue weighted by atomic mass is 10.1. The van der Waals surface area contributed by atoms with Crippen molar-refractivity contribution in [1.82, 2.24) is 14.7 Å². The second kappa shape index (κ2) is 8.06. The van der Waals surface area contributed by atoms with Gasteiger partial charge in [0.25, 0.3) is 0 Å². The van der Waals surface area contributed by atoms with Crippen LogP contribution in [0.15, 0.2) is 4.34 Å². The Kier molecular flexibility index (Phi) is 7.08. The quantitative estimate of drug-likeness (QED) is 0.736. The van der Waals surface area contributed by atoms with Crippen LogP contribution < -0.4 is 5.32 Å². The molecule has 1 rings (SSSR count). The number of aryl methyl sites for hydroxylation is 1. The lowest BCUT2D eigenvalue weighted by molar-refractivity contribution is 0.465. The van der Waals surface area contributed by atoms with E-state index in [1.54, 1.807) is 0 Å². The molecule has 0 fully saturated rings. The number of hydrogen-bond acceptors (Lipinski definition) is 5. The maximum absolute atomic E-state index is 4.44. The van der Waals surface area contributed by atoms with E-state index in [4.69, 9.17) is 0 Å². The molecule has 2 unspecified atom stereocenters. The molecular formula is C12H23N3S2. The van der Waals surface area contributed by atoms with Crippen LogP contribution in [0.5, 0.6) is 0 Å². The van der Waals surface area contributed by atoms with E-state index in [0.717, 1.165) is 16.7 Å². The number of hydrogen-bond donors (Lipinski definition) is 1. The Morgan fingerprint density at radius 2 is 2.12 bits per heavy atom. The van der Waals surface area contributed by atoms with Crippen LogP contribution in [0, 0.1) is 6.92 Å².